The van der Waals surface area contributed by atoms with E-state index in [0.29, 0.717) is 24.5 Å². The number of amides is 2. The Morgan fingerprint density at radius 3 is 2.32 bits per heavy atom. The average molecular weight is 380 g/mol. The van der Waals surface area contributed by atoms with Gasteiger partial charge in [0.2, 0.25) is 0 Å². The van der Waals surface area contributed by atoms with Crippen LogP contribution in [0.15, 0.2) is 48.5 Å². The maximum atomic E-state index is 12.9. The van der Waals surface area contributed by atoms with E-state index >= 15 is 0 Å². The van der Waals surface area contributed by atoms with Crippen LogP contribution in [-0.4, -0.2) is 34.3 Å². The molecule has 0 bridgehead atoms. The van der Waals surface area contributed by atoms with Crippen molar-refractivity contribution in [3.05, 3.63) is 65.5 Å². The van der Waals surface area contributed by atoms with Crippen molar-refractivity contribution in [1.29, 1.82) is 0 Å². The molecule has 2 amide bonds. The van der Waals surface area contributed by atoms with E-state index in [1.54, 1.807) is 23.1 Å². The lowest BCUT2D eigenvalue weighted by Gasteiger charge is -2.21. The average Bonchev–Trinajstić information content (AvgIpc) is 3.01. The van der Waals surface area contributed by atoms with Gasteiger partial charge in [-0.15, -0.1) is 0 Å². The molecular formula is C23H29N3O2. The molecule has 28 heavy (non-hydrogen) atoms. The molecule has 5 nitrogen and oxygen atoms in total. The summed E-state index contributed by atoms with van der Waals surface area (Å²) in [5, 5.41) is 3.10. The second-order valence-corrected chi connectivity index (χ2v) is 7.37. The van der Waals surface area contributed by atoms with Crippen molar-refractivity contribution in [2.75, 3.05) is 6.54 Å². The van der Waals surface area contributed by atoms with E-state index in [-0.39, 0.29) is 17.9 Å². The van der Waals surface area contributed by atoms with Crippen molar-refractivity contribution >= 4 is 11.8 Å². The minimum Gasteiger partial charge on any atom is -0.348 e. The van der Waals surface area contributed by atoms with Gasteiger partial charge in [-0.3, -0.25) is 9.59 Å². The van der Waals surface area contributed by atoms with Crippen LogP contribution in [0.3, 0.4) is 0 Å². The summed E-state index contributed by atoms with van der Waals surface area (Å²) in [5.74, 6) is -0.344. The Kier molecular flexibility index (Phi) is 7.18. The standard InChI is InChI=1S/C23H29N3O2/c1-2-26(17-18-11-6-5-7-12-18)23(28)21-16-10-15-20(25-21)22(27)24-19-13-8-3-4-9-14-19/h5-7,10-12,15-16,19H,2-4,8-9,13-14,17H2,1H3,(H,24,27). The topological polar surface area (TPSA) is 62.3 Å². The molecule has 2 aromatic rings. The number of hydrogen-bond acceptors (Lipinski definition) is 3. The number of pyridine rings is 1. The molecule has 0 saturated heterocycles. The van der Waals surface area contributed by atoms with Crippen LogP contribution in [0.4, 0.5) is 0 Å². The van der Waals surface area contributed by atoms with Gasteiger partial charge in [-0.1, -0.05) is 62.1 Å². The molecule has 1 aliphatic carbocycles. The van der Waals surface area contributed by atoms with Crippen molar-refractivity contribution in [2.45, 2.75) is 58.0 Å². The van der Waals surface area contributed by atoms with Gasteiger partial charge < -0.3 is 10.2 Å². The summed E-state index contributed by atoms with van der Waals surface area (Å²) in [7, 11) is 0. The van der Waals surface area contributed by atoms with Crippen molar-refractivity contribution in [1.82, 2.24) is 15.2 Å². The summed E-state index contributed by atoms with van der Waals surface area (Å²) in [4.78, 5) is 31.7. The van der Waals surface area contributed by atoms with Crippen LogP contribution >= 0.6 is 0 Å². The molecule has 0 atom stereocenters. The molecule has 1 heterocycles. The van der Waals surface area contributed by atoms with E-state index in [1.165, 1.54) is 12.8 Å². The first-order valence-corrected chi connectivity index (χ1v) is 10.3. The van der Waals surface area contributed by atoms with E-state index in [2.05, 4.69) is 10.3 Å². The van der Waals surface area contributed by atoms with Crippen LogP contribution in [-0.2, 0) is 6.54 Å². The lowest BCUT2D eigenvalue weighted by Crippen LogP contribution is -2.35. The second-order valence-electron chi connectivity index (χ2n) is 7.37. The molecule has 0 unspecified atom stereocenters. The number of hydrogen-bond donors (Lipinski definition) is 1. The summed E-state index contributed by atoms with van der Waals surface area (Å²) in [6.07, 6.45) is 6.82. The second kappa shape index (κ2) is 10.0. The Bertz CT molecular complexity index is 783. The largest absolute Gasteiger partial charge is 0.348 e. The minimum atomic E-state index is -0.187. The molecule has 3 rings (SSSR count). The highest BCUT2D eigenvalue weighted by Gasteiger charge is 2.20. The smallest absolute Gasteiger partial charge is 0.272 e. The lowest BCUT2D eigenvalue weighted by atomic mass is 10.1. The molecule has 148 valence electrons. The maximum absolute atomic E-state index is 12.9. The molecule has 1 saturated carbocycles. The van der Waals surface area contributed by atoms with Gasteiger partial charge >= 0.3 is 0 Å². The molecule has 0 aliphatic heterocycles. The van der Waals surface area contributed by atoms with Gasteiger partial charge in [0, 0.05) is 19.1 Å². The third-order valence-electron chi connectivity index (χ3n) is 5.28. The Morgan fingerprint density at radius 1 is 0.964 bits per heavy atom. The van der Waals surface area contributed by atoms with Crippen molar-refractivity contribution in [2.24, 2.45) is 0 Å². The van der Waals surface area contributed by atoms with Crippen molar-refractivity contribution < 1.29 is 9.59 Å². The number of aromatic nitrogens is 1. The van der Waals surface area contributed by atoms with Crippen LogP contribution in [0.5, 0.6) is 0 Å². The zero-order chi connectivity index (χ0) is 19.8. The van der Waals surface area contributed by atoms with Gasteiger partial charge in [0.1, 0.15) is 11.4 Å². The predicted molar refractivity (Wildman–Crippen MR) is 110 cm³/mol. The van der Waals surface area contributed by atoms with E-state index in [9.17, 15) is 9.59 Å². The number of nitrogens with one attached hydrogen (secondary N) is 1. The third-order valence-corrected chi connectivity index (χ3v) is 5.28. The SMILES string of the molecule is CCN(Cc1ccccc1)C(=O)c1cccc(C(=O)NC2CCCCCC2)n1. The number of carbonyl (C=O) groups excluding carboxylic acids is 2. The lowest BCUT2D eigenvalue weighted by molar-refractivity contribution is 0.0746. The monoisotopic (exact) mass is 379 g/mol. The molecule has 1 fully saturated rings. The molecule has 5 heteroatoms. The highest BCUT2D eigenvalue weighted by molar-refractivity contribution is 5.96. The molecular weight excluding hydrogens is 350 g/mol. The van der Waals surface area contributed by atoms with Crippen LogP contribution in [0.25, 0.3) is 0 Å². The van der Waals surface area contributed by atoms with Gasteiger partial charge in [-0.2, -0.15) is 0 Å². The molecule has 1 aromatic carbocycles. The Labute approximate surface area is 167 Å². The molecule has 1 N–H and O–H groups in total. The number of benzene rings is 1. The van der Waals surface area contributed by atoms with Crippen molar-refractivity contribution in [3.63, 3.8) is 0 Å². The predicted octanol–water partition coefficient (Wildman–Crippen LogP) is 4.20. The fourth-order valence-corrected chi connectivity index (χ4v) is 3.66. The highest BCUT2D eigenvalue weighted by atomic mass is 16.2. The summed E-state index contributed by atoms with van der Waals surface area (Å²) < 4.78 is 0. The highest BCUT2D eigenvalue weighted by Crippen LogP contribution is 2.17. The summed E-state index contributed by atoms with van der Waals surface area (Å²) in [6.45, 7) is 3.05. The zero-order valence-electron chi connectivity index (χ0n) is 16.6. The van der Waals surface area contributed by atoms with Crippen LogP contribution in [0.2, 0.25) is 0 Å². The molecule has 0 radical (unpaired) electrons. The van der Waals surface area contributed by atoms with Crippen LogP contribution < -0.4 is 5.32 Å². The van der Waals surface area contributed by atoms with Gasteiger partial charge in [0.15, 0.2) is 0 Å². The molecule has 1 aliphatic rings. The number of carbonyl (C=O) groups is 2. The van der Waals surface area contributed by atoms with E-state index in [1.807, 2.05) is 37.3 Å². The Morgan fingerprint density at radius 2 is 1.64 bits per heavy atom. The summed E-state index contributed by atoms with van der Waals surface area (Å²) >= 11 is 0. The quantitative estimate of drug-likeness (QED) is 0.765. The first-order valence-electron chi connectivity index (χ1n) is 10.3. The van der Waals surface area contributed by atoms with Gasteiger partial charge in [-0.25, -0.2) is 4.98 Å². The van der Waals surface area contributed by atoms with Crippen molar-refractivity contribution in [3.8, 4) is 0 Å². The Hall–Kier alpha value is -2.69. The summed E-state index contributed by atoms with van der Waals surface area (Å²) in [6, 6.07) is 15.2. The molecule has 1 aromatic heterocycles. The molecule has 0 spiro atoms. The van der Waals surface area contributed by atoms with E-state index < -0.39 is 0 Å². The van der Waals surface area contributed by atoms with Gasteiger partial charge in [0.25, 0.3) is 11.8 Å². The Balaban J connectivity index is 1.68. The zero-order valence-corrected chi connectivity index (χ0v) is 16.6. The van der Waals surface area contributed by atoms with Crippen LogP contribution in [0, 0.1) is 0 Å². The fourth-order valence-electron chi connectivity index (χ4n) is 3.66. The van der Waals surface area contributed by atoms with Gasteiger partial charge in [-0.05, 0) is 37.5 Å². The first kappa shape index (κ1) is 20.1. The van der Waals surface area contributed by atoms with E-state index in [4.69, 9.17) is 0 Å². The minimum absolute atomic E-state index is 0.157. The van der Waals surface area contributed by atoms with Gasteiger partial charge in [0.05, 0.1) is 0 Å². The maximum Gasteiger partial charge on any atom is 0.272 e. The normalized spacial score (nSPS) is 14.9. The number of nitrogens with zero attached hydrogens (tertiary/aromatic N) is 2. The van der Waals surface area contributed by atoms with Crippen LogP contribution in [0.1, 0.15) is 72.0 Å². The third kappa shape index (κ3) is 5.41. The number of rotatable bonds is 6. The fraction of sp³-hybridized carbons (Fsp3) is 0.435. The van der Waals surface area contributed by atoms with E-state index in [0.717, 1.165) is 31.2 Å². The summed E-state index contributed by atoms with van der Waals surface area (Å²) in [5.41, 5.74) is 1.69. The first-order chi connectivity index (χ1) is 13.7.